The first-order chi connectivity index (χ1) is 7.53. The highest BCUT2D eigenvalue weighted by atomic mass is 19.4. The van der Waals surface area contributed by atoms with Gasteiger partial charge in [-0.15, -0.1) is 13.2 Å². The Kier molecular flexibility index (Phi) is 2.91. The number of ether oxygens (including phenoxy) is 2. The summed E-state index contributed by atoms with van der Waals surface area (Å²) in [6.07, 6.45) is -4.55. The summed E-state index contributed by atoms with van der Waals surface area (Å²) >= 11 is 0. The Morgan fingerprint density at radius 3 is 2.06 bits per heavy atom. The lowest BCUT2D eigenvalue weighted by atomic mass is 10.2. The van der Waals surface area contributed by atoms with E-state index in [1.807, 2.05) is 0 Å². The molecule has 2 rings (SSSR count). The molecule has 6 heteroatoms. The fraction of sp³-hybridized carbons (Fsp3) is 0.400. The Balaban J connectivity index is 1.93. The topological polar surface area (TPSA) is 30.5 Å². The first kappa shape index (κ1) is 11.1. The standard InChI is InChI=1S/C10H10F3NO2/c11-10(12,13)16-8-3-1-7(2-4-8)15-9-5-14-6-9/h1-4,9,14H,5-6H2. The largest absolute Gasteiger partial charge is 0.573 e. The van der Waals surface area contributed by atoms with Gasteiger partial charge in [-0.1, -0.05) is 0 Å². The molecule has 1 fully saturated rings. The summed E-state index contributed by atoms with van der Waals surface area (Å²) in [5, 5.41) is 3.03. The average molecular weight is 233 g/mol. The maximum atomic E-state index is 11.9. The zero-order valence-corrected chi connectivity index (χ0v) is 8.25. The fourth-order valence-electron chi connectivity index (χ4n) is 1.26. The monoisotopic (exact) mass is 233 g/mol. The van der Waals surface area contributed by atoms with E-state index in [-0.39, 0.29) is 11.9 Å². The molecule has 0 radical (unpaired) electrons. The second-order valence-corrected chi connectivity index (χ2v) is 3.42. The zero-order valence-electron chi connectivity index (χ0n) is 8.25. The maximum Gasteiger partial charge on any atom is 0.573 e. The van der Waals surface area contributed by atoms with E-state index in [9.17, 15) is 13.2 Å². The van der Waals surface area contributed by atoms with Crippen LogP contribution in [-0.2, 0) is 0 Å². The van der Waals surface area contributed by atoms with Crippen molar-refractivity contribution >= 4 is 0 Å². The lowest BCUT2D eigenvalue weighted by Gasteiger charge is -2.27. The van der Waals surface area contributed by atoms with Gasteiger partial charge in [-0.2, -0.15) is 0 Å². The summed E-state index contributed by atoms with van der Waals surface area (Å²) in [4.78, 5) is 0. The molecule has 16 heavy (non-hydrogen) atoms. The summed E-state index contributed by atoms with van der Waals surface area (Å²) in [6, 6.07) is 5.38. The first-order valence-corrected chi connectivity index (χ1v) is 4.76. The van der Waals surface area contributed by atoms with Crippen LogP contribution in [0.3, 0.4) is 0 Å². The molecule has 1 aliphatic heterocycles. The minimum Gasteiger partial charge on any atom is -0.488 e. The Morgan fingerprint density at radius 2 is 1.62 bits per heavy atom. The summed E-state index contributed by atoms with van der Waals surface area (Å²) in [7, 11) is 0. The molecule has 3 nitrogen and oxygen atoms in total. The second-order valence-electron chi connectivity index (χ2n) is 3.42. The number of rotatable bonds is 3. The Hall–Kier alpha value is -1.43. The Bertz CT molecular complexity index is 346. The molecule has 1 heterocycles. The number of hydrogen-bond donors (Lipinski definition) is 1. The fourth-order valence-corrected chi connectivity index (χ4v) is 1.26. The van der Waals surface area contributed by atoms with E-state index < -0.39 is 6.36 Å². The van der Waals surface area contributed by atoms with Crippen LogP contribution >= 0.6 is 0 Å². The average Bonchev–Trinajstić information content (AvgIpc) is 2.11. The van der Waals surface area contributed by atoms with E-state index in [0.29, 0.717) is 5.75 Å². The minimum atomic E-state index is -4.65. The molecule has 1 aromatic rings. The highest BCUT2D eigenvalue weighted by Gasteiger charge is 2.31. The van der Waals surface area contributed by atoms with Gasteiger partial charge >= 0.3 is 6.36 Å². The summed E-state index contributed by atoms with van der Waals surface area (Å²) in [6.45, 7) is 1.53. The molecular formula is C10H10F3NO2. The van der Waals surface area contributed by atoms with Gasteiger partial charge in [-0.25, -0.2) is 0 Å². The van der Waals surface area contributed by atoms with Crippen LogP contribution in [0.5, 0.6) is 11.5 Å². The molecule has 0 bridgehead atoms. The van der Waals surface area contributed by atoms with Crippen LogP contribution in [0.15, 0.2) is 24.3 Å². The van der Waals surface area contributed by atoms with E-state index in [1.165, 1.54) is 24.3 Å². The van der Waals surface area contributed by atoms with Gasteiger partial charge in [0.2, 0.25) is 0 Å². The molecule has 0 spiro atoms. The van der Waals surface area contributed by atoms with Gasteiger partial charge < -0.3 is 14.8 Å². The van der Waals surface area contributed by atoms with Gasteiger partial charge in [0.05, 0.1) is 0 Å². The van der Waals surface area contributed by atoms with E-state index in [1.54, 1.807) is 0 Å². The van der Waals surface area contributed by atoms with Gasteiger partial charge in [-0.3, -0.25) is 0 Å². The van der Waals surface area contributed by atoms with Crippen molar-refractivity contribution in [3.8, 4) is 11.5 Å². The van der Waals surface area contributed by atoms with Crippen molar-refractivity contribution in [2.75, 3.05) is 13.1 Å². The molecule has 88 valence electrons. The van der Waals surface area contributed by atoms with Crippen molar-refractivity contribution in [1.29, 1.82) is 0 Å². The van der Waals surface area contributed by atoms with Crippen LogP contribution in [-0.4, -0.2) is 25.6 Å². The summed E-state index contributed by atoms with van der Waals surface area (Å²) in [5.41, 5.74) is 0. The van der Waals surface area contributed by atoms with Crippen LogP contribution in [0, 0.1) is 0 Å². The molecule has 0 aromatic heterocycles. The van der Waals surface area contributed by atoms with Gasteiger partial charge in [0.1, 0.15) is 17.6 Å². The number of halogens is 3. The maximum absolute atomic E-state index is 11.9. The molecule has 0 saturated carbocycles. The molecule has 1 aliphatic rings. The van der Waals surface area contributed by atoms with Crippen LogP contribution < -0.4 is 14.8 Å². The van der Waals surface area contributed by atoms with Crippen LogP contribution in [0.4, 0.5) is 13.2 Å². The third-order valence-electron chi connectivity index (χ3n) is 2.10. The number of nitrogens with one attached hydrogen (secondary N) is 1. The van der Waals surface area contributed by atoms with Crippen molar-refractivity contribution < 1.29 is 22.6 Å². The van der Waals surface area contributed by atoms with Crippen molar-refractivity contribution in [1.82, 2.24) is 5.32 Å². The smallest absolute Gasteiger partial charge is 0.488 e. The van der Waals surface area contributed by atoms with Gasteiger partial charge in [0.15, 0.2) is 0 Å². The lowest BCUT2D eigenvalue weighted by molar-refractivity contribution is -0.274. The molecule has 1 aromatic carbocycles. The second kappa shape index (κ2) is 4.21. The molecule has 0 aliphatic carbocycles. The quantitative estimate of drug-likeness (QED) is 0.865. The zero-order chi connectivity index (χ0) is 11.6. The van der Waals surface area contributed by atoms with E-state index >= 15 is 0 Å². The summed E-state index contributed by atoms with van der Waals surface area (Å²) < 4.78 is 44.7. The van der Waals surface area contributed by atoms with Crippen molar-refractivity contribution in [2.24, 2.45) is 0 Å². The van der Waals surface area contributed by atoms with Crippen molar-refractivity contribution in [2.45, 2.75) is 12.5 Å². The van der Waals surface area contributed by atoms with Crippen LogP contribution in [0.25, 0.3) is 0 Å². The normalized spacial score (nSPS) is 16.7. The van der Waals surface area contributed by atoms with Crippen LogP contribution in [0.1, 0.15) is 0 Å². The van der Waals surface area contributed by atoms with Gasteiger partial charge in [0.25, 0.3) is 0 Å². The number of alkyl halides is 3. The van der Waals surface area contributed by atoms with Crippen molar-refractivity contribution in [3.05, 3.63) is 24.3 Å². The highest BCUT2D eigenvalue weighted by molar-refractivity contribution is 5.31. The first-order valence-electron chi connectivity index (χ1n) is 4.76. The molecule has 1 saturated heterocycles. The Labute approximate surface area is 90.2 Å². The number of benzene rings is 1. The Morgan fingerprint density at radius 1 is 1.06 bits per heavy atom. The highest BCUT2D eigenvalue weighted by Crippen LogP contribution is 2.25. The summed E-state index contributed by atoms with van der Waals surface area (Å²) in [5.74, 6) is 0.299. The molecule has 0 unspecified atom stereocenters. The predicted molar refractivity (Wildman–Crippen MR) is 50.4 cm³/mol. The van der Waals surface area contributed by atoms with E-state index in [0.717, 1.165) is 13.1 Å². The minimum absolute atomic E-state index is 0.106. The molecule has 0 amide bonds. The van der Waals surface area contributed by atoms with Gasteiger partial charge in [0, 0.05) is 13.1 Å². The van der Waals surface area contributed by atoms with E-state index in [2.05, 4.69) is 10.1 Å². The molecular weight excluding hydrogens is 223 g/mol. The number of hydrogen-bond acceptors (Lipinski definition) is 3. The van der Waals surface area contributed by atoms with E-state index in [4.69, 9.17) is 4.74 Å². The predicted octanol–water partition coefficient (Wildman–Crippen LogP) is 1.94. The van der Waals surface area contributed by atoms with Gasteiger partial charge in [-0.05, 0) is 24.3 Å². The molecule has 1 N–H and O–H groups in total. The molecule has 0 atom stereocenters. The third-order valence-corrected chi connectivity index (χ3v) is 2.10. The SMILES string of the molecule is FC(F)(F)Oc1ccc(OC2CNC2)cc1. The third kappa shape index (κ3) is 3.03. The van der Waals surface area contributed by atoms with Crippen molar-refractivity contribution in [3.63, 3.8) is 0 Å². The van der Waals surface area contributed by atoms with Crippen LogP contribution in [0.2, 0.25) is 0 Å². The lowest BCUT2D eigenvalue weighted by Crippen LogP contribution is -2.50.